The van der Waals surface area contributed by atoms with Crippen molar-refractivity contribution < 1.29 is 88.8 Å². The molecule has 0 amide bonds. The Morgan fingerprint density at radius 2 is 1.38 bits per heavy atom. The number of hydrogen-bond donors (Lipinski definition) is 9. The van der Waals surface area contributed by atoms with Crippen LogP contribution in [0.5, 0.6) is 0 Å². The van der Waals surface area contributed by atoms with Gasteiger partial charge in [0.15, 0.2) is 24.8 Å². The van der Waals surface area contributed by atoms with E-state index in [1.54, 1.807) is 39.8 Å². The number of carbonyl (C=O) groups is 3. The van der Waals surface area contributed by atoms with Crippen LogP contribution < -0.4 is 0 Å². The van der Waals surface area contributed by atoms with Gasteiger partial charge in [-0.1, -0.05) is 65.3 Å². The number of esters is 2. The van der Waals surface area contributed by atoms with Crippen molar-refractivity contribution >= 4 is 17.9 Å². The van der Waals surface area contributed by atoms with E-state index < -0.39 is 149 Å². The second-order valence-electron chi connectivity index (χ2n) is 23.0. The Hall–Kier alpha value is -2.85. The Morgan fingerprint density at radius 1 is 0.754 bits per heavy atom. The van der Waals surface area contributed by atoms with Crippen LogP contribution in [0.25, 0.3) is 0 Å². The van der Waals surface area contributed by atoms with Crippen LogP contribution in [-0.4, -0.2) is 163 Å². The summed E-state index contributed by atoms with van der Waals surface area (Å²) in [6.45, 7) is 18.0. The maximum Gasteiger partial charge on any atom is 0.335 e. The average molecular weight is 979 g/mol. The van der Waals surface area contributed by atoms with E-state index in [0.29, 0.717) is 49.7 Å². The Bertz CT molecular complexity index is 2050. The number of allylic oxidation sites excluding steroid dienone is 4. The van der Waals surface area contributed by atoms with Crippen molar-refractivity contribution in [3.05, 3.63) is 34.9 Å². The van der Waals surface area contributed by atoms with E-state index >= 15 is 0 Å². The largest absolute Gasteiger partial charge is 0.479 e. The Balaban J connectivity index is 1.22. The minimum atomic E-state index is -1.99. The number of carbonyl (C=O) groups excluding carboxylic acids is 2. The molecule has 9 N–H and O–H groups in total. The van der Waals surface area contributed by atoms with Crippen molar-refractivity contribution in [1.29, 1.82) is 0 Å². The highest BCUT2D eigenvalue weighted by molar-refractivity contribution is 5.89. The van der Waals surface area contributed by atoms with Gasteiger partial charge >= 0.3 is 17.9 Å². The van der Waals surface area contributed by atoms with Gasteiger partial charge in [0.1, 0.15) is 42.7 Å². The second kappa shape index (κ2) is 19.2. The van der Waals surface area contributed by atoms with Gasteiger partial charge < -0.3 is 74.4 Å². The molecular formula is C51H78O18. The molecule has 18 heteroatoms. The first kappa shape index (κ1) is 53.9. The first-order valence-corrected chi connectivity index (χ1v) is 24.7. The first-order valence-electron chi connectivity index (χ1n) is 24.7. The van der Waals surface area contributed by atoms with Gasteiger partial charge in [0, 0.05) is 22.0 Å². The predicted octanol–water partition coefficient (Wildman–Crippen LogP) is 2.44. The second-order valence-corrected chi connectivity index (χ2v) is 23.0. The Kier molecular flexibility index (Phi) is 15.0. The highest BCUT2D eigenvalue weighted by atomic mass is 16.8. The molecule has 2 saturated heterocycles. The Labute approximate surface area is 404 Å². The van der Waals surface area contributed by atoms with Gasteiger partial charge in [-0.3, -0.25) is 0 Å². The molecule has 21 atom stereocenters. The molecule has 0 unspecified atom stereocenters. The summed E-state index contributed by atoms with van der Waals surface area (Å²) in [5.41, 5.74) is -2.96. The number of aliphatic hydroxyl groups excluding tert-OH is 8. The van der Waals surface area contributed by atoms with Gasteiger partial charge in [-0.2, -0.15) is 0 Å². The first-order chi connectivity index (χ1) is 32.2. The maximum absolute atomic E-state index is 13.7. The molecule has 0 aromatic rings. The number of fused-ring (bicyclic) bond motifs is 7. The number of carboxylic acids is 1. The van der Waals surface area contributed by atoms with Crippen LogP contribution in [0.1, 0.15) is 114 Å². The van der Waals surface area contributed by atoms with E-state index in [0.717, 1.165) is 5.57 Å². The van der Waals surface area contributed by atoms with Crippen LogP contribution in [0.4, 0.5) is 0 Å². The lowest BCUT2D eigenvalue weighted by atomic mass is 9.33. The zero-order valence-corrected chi connectivity index (χ0v) is 41.7. The van der Waals surface area contributed by atoms with Crippen LogP contribution in [0.3, 0.4) is 0 Å². The summed E-state index contributed by atoms with van der Waals surface area (Å²) < 4.78 is 36.4. The van der Waals surface area contributed by atoms with Crippen molar-refractivity contribution in [1.82, 2.24) is 0 Å². The molecule has 6 fully saturated rings. The molecule has 5 aliphatic carbocycles. The summed E-state index contributed by atoms with van der Waals surface area (Å²) in [5.74, 6) is -3.45. The van der Waals surface area contributed by atoms with Crippen molar-refractivity contribution in [2.24, 2.45) is 50.2 Å². The molecule has 0 bridgehead atoms. The van der Waals surface area contributed by atoms with Crippen molar-refractivity contribution in [2.45, 2.75) is 194 Å². The Morgan fingerprint density at radius 3 is 1.96 bits per heavy atom. The summed E-state index contributed by atoms with van der Waals surface area (Å²) in [7, 11) is 0. The third kappa shape index (κ3) is 8.37. The minimum Gasteiger partial charge on any atom is -0.479 e. The van der Waals surface area contributed by atoms with E-state index in [1.807, 2.05) is 20.8 Å². The fourth-order valence-electron chi connectivity index (χ4n) is 14.6. The fraction of sp³-hybridized carbons (Fsp3) is 0.824. The summed E-state index contributed by atoms with van der Waals surface area (Å²) in [5, 5.41) is 99.3. The highest BCUT2D eigenvalue weighted by Gasteiger charge is 2.74. The molecule has 0 aromatic carbocycles. The summed E-state index contributed by atoms with van der Waals surface area (Å²) in [4.78, 5) is 39.5. The SMILES string of the molecule is C/C=C(/C)C(=O)O[C@H]1[C@H](OC(=O)/C(C)=C\C)[C@]2(CO)[C@H](O)C[C@]3(C)C(=CC[C@@H]4[C@@]5(C)CC[C@H](O[C@@H]6O[C@H](C(=O)O)[C@@H](O)[C@H](O)[C@H]6O[C@@H]6OC[C@@H](O)[C@H](O)[C@H]6O)[C@](C)(CO)[C@@H]5CC[C@]43C)[C@@H]2CC1(C)C. The number of ether oxygens (including phenoxy) is 6. The quantitative estimate of drug-likeness (QED) is 0.0622. The lowest BCUT2D eigenvalue weighted by Gasteiger charge is -2.72. The standard InChI is InChI=1S/C51H78O18/c1-11-24(3)42(62)68-39-40(69-43(63)25(4)12-2)51(23-53)27(19-46(39,5)6)26-13-14-30-47(7)17-16-32(48(8,22-52)29(47)15-18-49(30,9)50(26,10)20-31(51)55)65-45-38(35(58)34(57)37(66-45)41(60)61)67-44-36(59)33(56)28(54)21-64-44/h11-13,27-40,44-45,52-59H,14-23H2,1-10H3,(H,60,61)/b24-11-,25-12-/t27-,28+,29+,30+,31+,32-,33-,34-,35-,36+,37-,38+,39-,40-,44-,45+,47-,48+,49+,50+,51-/m0/s1. The number of aliphatic carboxylic acids is 1. The fourth-order valence-corrected chi connectivity index (χ4v) is 14.6. The van der Waals surface area contributed by atoms with Crippen LogP contribution in [0.2, 0.25) is 0 Å². The van der Waals surface area contributed by atoms with Gasteiger partial charge in [-0.25, -0.2) is 14.4 Å². The molecule has 2 aliphatic heterocycles. The molecule has 0 radical (unpaired) electrons. The number of rotatable bonds is 11. The molecule has 7 aliphatic rings. The maximum atomic E-state index is 13.7. The zero-order chi connectivity index (χ0) is 51.1. The van der Waals surface area contributed by atoms with Crippen LogP contribution in [0, 0.1) is 50.2 Å². The number of aliphatic hydroxyl groups is 8. The normalized spacial score (nSPS) is 48.7. The molecule has 4 saturated carbocycles. The van der Waals surface area contributed by atoms with Gasteiger partial charge in [-0.15, -0.1) is 0 Å². The average Bonchev–Trinajstić information content (AvgIpc) is 3.29. The third-order valence-corrected chi connectivity index (χ3v) is 19.2. The molecule has 69 heavy (non-hydrogen) atoms. The molecule has 18 nitrogen and oxygen atoms in total. The van der Waals surface area contributed by atoms with Crippen molar-refractivity contribution in [3.63, 3.8) is 0 Å². The van der Waals surface area contributed by atoms with E-state index in [1.165, 1.54) is 0 Å². The van der Waals surface area contributed by atoms with E-state index in [9.17, 15) is 60.3 Å². The van der Waals surface area contributed by atoms with Crippen molar-refractivity contribution in [2.75, 3.05) is 19.8 Å². The lowest BCUT2D eigenvalue weighted by Crippen LogP contribution is -2.72. The molecule has 7 rings (SSSR count). The van der Waals surface area contributed by atoms with Crippen LogP contribution >= 0.6 is 0 Å². The third-order valence-electron chi connectivity index (χ3n) is 19.2. The minimum absolute atomic E-state index is 0.000293. The molecule has 0 aromatic heterocycles. The molecule has 390 valence electrons. The van der Waals surface area contributed by atoms with Gasteiger partial charge in [0.2, 0.25) is 0 Å². The van der Waals surface area contributed by atoms with Crippen molar-refractivity contribution in [3.8, 4) is 0 Å². The smallest absolute Gasteiger partial charge is 0.335 e. The van der Waals surface area contributed by atoms with Crippen LogP contribution in [0.15, 0.2) is 34.9 Å². The van der Waals surface area contributed by atoms with Gasteiger partial charge in [0.25, 0.3) is 0 Å². The lowest BCUT2D eigenvalue weighted by molar-refractivity contribution is -0.367. The molecule has 2 heterocycles. The van der Waals surface area contributed by atoms with E-state index in [-0.39, 0.29) is 24.9 Å². The number of hydrogen-bond acceptors (Lipinski definition) is 17. The molecule has 0 spiro atoms. The monoisotopic (exact) mass is 979 g/mol. The predicted molar refractivity (Wildman–Crippen MR) is 244 cm³/mol. The number of carboxylic acid groups (broad SMARTS) is 1. The van der Waals surface area contributed by atoms with Gasteiger partial charge in [-0.05, 0) is 107 Å². The van der Waals surface area contributed by atoms with Gasteiger partial charge in [0.05, 0.1) is 37.4 Å². The van der Waals surface area contributed by atoms with E-state index in [4.69, 9.17) is 28.4 Å². The highest BCUT2D eigenvalue weighted by Crippen LogP contribution is 2.76. The van der Waals surface area contributed by atoms with Crippen LogP contribution in [-0.2, 0) is 42.8 Å². The topological polar surface area (TPSA) is 289 Å². The summed E-state index contributed by atoms with van der Waals surface area (Å²) >= 11 is 0. The zero-order valence-electron chi connectivity index (χ0n) is 41.7. The summed E-state index contributed by atoms with van der Waals surface area (Å²) in [6, 6.07) is 0. The van der Waals surface area contributed by atoms with E-state index in [2.05, 4.69) is 26.8 Å². The molecular weight excluding hydrogens is 901 g/mol. The summed E-state index contributed by atoms with van der Waals surface area (Å²) in [6.07, 6.45) is -10.9.